The fourth-order valence-corrected chi connectivity index (χ4v) is 2.35. The van der Waals surface area contributed by atoms with E-state index < -0.39 is 5.60 Å². The molecule has 1 aliphatic heterocycles. The van der Waals surface area contributed by atoms with Crippen LogP contribution in [0.1, 0.15) is 12.8 Å². The molecule has 2 rings (SSSR count). The van der Waals surface area contributed by atoms with E-state index >= 15 is 0 Å². The maximum Gasteiger partial charge on any atom is 0.256 e. The van der Waals surface area contributed by atoms with Crippen LogP contribution in [0.25, 0.3) is 0 Å². The summed E-state index contributed by atoms with van der Waals surface area (Å²) in [5.41, 5.74) is 0.0466. The van der Waals surface area contributed by atoms with Gasteiger partial charge in [-0.3, -0.25) is 4.79 Å². The zero-order chi connectivity index (χ0) is 14.3. The van der Waals surface area contributed by atoms with Crippen LogP contribution in [0.5, 0.6) is 0 Å². The number of para-hydroxylation sites is 1. The Kier molecular flexibility index (Phi) is 5.52. The van der Waals surface area contributed by atoms with Crippen LogP contribution in [0.4, 0.5) is 5.69 Å². The number of methoxy groups -OCH3 is 1. The first kappa shape index (κ1) is 15.0. The molecular formula is C15H22N2O3. The third-order valence-corrected chi connectivity index (χ3v) is 3.52. The van der Waals surface area contributed by atoms with Gasteiger partial charge in [-0.25, -0.2) is 0 Å². The fraction of sp³-hybridized carbons (Fsp3) is 0.533. The van der Waals surface area contributed by atoms with Crippen LogP contribution >= 0.6 is 0 Å². The highest BCUT2D eigenvalue weighted by Crippen LogP contribution is 2.25. The fourth-order valence-electron chi connectivity index (χ4n) is 2.35. The topological polar surface area (TPSA) is 59.6 Å². The van der Waals surface area contributed by atoms with Gasteiger partial charge < -0.3 is 20.1 Å². The number of anilines is 1. The minimum absolute atomic E-state index is 0.0682. The van der Waals surface area contributed by atoms with E-state index in [9.17, 15) is 4.79 Å². The average molecular weight is 278 g/mol. The van der Waals surface area contributed by atoms with Crippen LogP contribution < -0.4 is 10.6 Å². The monoisotopic (exact) mass is 278 g/mol. The lowest BCUT2D eigenvalue weighted by molar-refractivity contribution is -0.147. The van der Waals surface area contributed by atoms with Crippen molar-refractivity contribution in [2.45, 2.75) is 18.4 Å². The van der Waals surface area contributed by atoms with E-state index in [0.29, 0.717) is 26.1 Å². The van der Waals surface area contributed by atoms with Crippen molar-refractivity contribution < 1.29 is 14.3 Å². The molecule has 2 N–H and O–H groups in total. The van der Waals surface area contributed by atoms with E-state index in [4.69, 9.17) is 9.47 Å². The number of hydrogen-bond acceptors (Lipinski definition) is 4. The minimum atomic E-state index is -0.750. The van der Waals surface area contributed by atoms with Gasteiger partial charge in [0.25, 0.3) is 5.91 Å². The molecule has 0 aliphatic carbocycles. The summed E-state index contributed by atoms with van der Waals surface area (Å²) in [7, 11) is 1.63. The standard InChI is InChI=1S/C15H22N2O3/c1-19-11-12-20-15(7-9-16-10-8-15)14(18)17-13-5-3-2-4-6-13/h2-6,16H,7-12H2,1H3,(H,17,18). The molecule has 0 bridgehead atoms. The van der Waals surface area contributed by atoms with Crippen molar-refractivity contribution in [2.24, 2.45) is 0 Å². The molecule has 20 heavy (non-hydrogen) atoms. The first-order valence-electron chi connectivity index (χ1n) is 6.97. The molecule has 5 nitrogen and oxygen atoms in total. The van der Waals surface area contributed by atoms with Crippen molar-refractivity contribution in [1.82, 2.24) is 5.32 Å². The lowest BCUT2D eigenvalue weighted by atomic mass is 9.91. The summed E-state index contributed by atoms with van der Waals surface area (Å²) in [5, 5.41) is 6.20. The number of ether oxygens (including phenoxy) is 2. The van der Waals surface area contributed by atoms with Crippen LogP contribution in [-0.4, -0.2) is 44.9 Å². The van der Waals surface area contributed by atoms with Gasteiger partial charge in [-0.1, -0.05) is 18.2 Å². The lowest BCUT2D eigenvalue weighted by Crippen LogP contribution is -2.52. The van der Waals surface area contributed by atoms with Gasteiger partial charge in [0.2, 0.25) is 0 Å². The normalized spacial score (nSPS) is 17.6. The van der Waals surface area contributed by atoms with Gasteiger partial charge in [0.05, 0.1) is 13.2 Å². The second kappa shape index (κ2) is 7.38. The second-order valence-corrected chi connectivity index (χ2v) is 4.91. The molecule has 0 atom stereocenters. The molecule has 0 unspecified atom stereocenters. The van der Waals surface area contributed by atoms with Crippen molar-refractivity contribution in [3.63, 3.8) is 0 Å². The predicted molar refractivity (Wildman–Crippen MR) is 77.7 cm³/mol. The zero-order valence-electron chi connectivity index (χ0n) is 11.9. The zero-order valence-corrected chi connectivity index (χ0v) is 11.9. The Bertz CT molecular complexity index is 416. The van der Waals surface area contributed by atoms with Crippen molar-refractivity contribution >= 4 is 11.6 Å². The molecule has 1 amide bonds. The van der Waals surface area contributed by atoms with Gasteiger partial charge >= 0.3 is 0 Å². The molecule has 0 aromatic heterocycles. The van der Waals surface area contributed by atoms with Crippen molar-refractivity contribution in [3.8, 4) is 0 Å². The van der Waals surface area contributed by atoms with Gasteiger partial charge in [-0.05, 0) is 38.1 Å². The largest absolute Gasteiger partial charge is 0.382 e. The number of rotatable bonds is 6. The summed E-state index contributed by atoms with van der Waals surface area (Å²) < 4.78 is 10.9. The summed E-state index contributed by atoms with van der Waals surface area (Å²) in [5.74, 6) is -0.0682. The SMILES string of the molecule is COCCOC1(C(=O)Nc2ccccc2)CCNCC1. The molecule has 1 heterocycles. The lowest BCUT2D eigenvalue weighted by Gasteiger charge is -2.36. The Hall–Kier alpha value is -1.43. The molecule has 110 valence electrons. The van der Waals surface area contributed by atoms with Crippen LogP contribution in [-0.2, 0) is 14.3 Å². The van der Waals surface area contributed by atoms with Gasteiger partial charge in [-0.2, -0.15) is 0 Å². The van der Waals surface area contributed by atoms with E-state index in [0.717, 1.165) is 18.8 Å². The smallest absolute Gasteiger partial charge is 0.256 e. The number of carbonyl (C=O) groups is 1. The van der Waals surface area contributed by atoms with Crippen LogP contribution in [0, 0.1) is 0 Å². The summed E-state index contributed by atoms with van der Waals surface area (Å²) >= 11 is 0. The quantitative estimate of drug-likeness (QED) is 0.773. The summed E-state index contributed by atoms with van der Waals surface area (Å²) in [6.45, 7) is 2.50. The van der Waals surface area contributed by atoms with Gasteiger partial charge in [-0.15, -0.1) is 0 Å². The van der Waals surface area contributed by atoms with E-state index in [1.807, 2.05) is 30.3 Å². The highest BCUT2D eigenvalue weighted by Gasteiger charge is 2.40. The first-order chi connectivity index (χ1) is 9.77. The Balaban J connectivity index is 2.03. The summed E-state index contributed by atoms with van der Waals surface area (Å²) in [6, 6.07) is 9.47. The third kappa shape index (κ3) is 3.79. The average Bonchev–Trinajstić information content (AvgIpc) is 2.49. The van der Waals surface area contributed by atoms with Crippen LogP contribution in [0.15, 0.2) is 30.3 Å². The second-order valence-electron chi connectivity index (χ2n) is 4.91. The van der Waals surface area contributed by atoms with Gasteiger partial charge in [0.1, 0.15) is 5.60 Å². The summed E-state index contributed by atoms with van der Waals surface area (Å²) in [6.07, 6.45) is 1.35. The Morgan fingerprint density at radius 3 is 2.60 bits per heavy atom. The minimum Gasteiger partial charge on any atom is -0.382 e. The predicted octanol–water partition coefficient (Wildman–Crippen LogP) is 1.41. The molecule has 1 fully saturated rings. The molecule has 5 heteroatoms. The Morgan fingerprint density at radius 1 is 1.25 bits per heavy atom. The number of hydrogen-bond donors (Lipinski definition) is 2. The number of piperidine rings is 1. The summed E-state index contributed by atoms with van der Waals surface area (Å²) in [4.78, 5) is 12.6. The first-order valence-corrected chi connectivity index (χ1v) is 6.97. The van der Waals surface area contributed by atoms with Gasteiger partial charge in [0, 0.05) is 12.8 Å². The Morgan fingerprint density at radius 2 is 1.95 bits per heavy atom. The molecule has 1 aliphatic rings. The van der Waals surface area contributed by atoms with Crippen molar-refractivity contribution in [3.05, 3.63) is 30.3 Å². The molecule has 0 saturated carbocycles. The van der Waals surface area contributed by atoms with Gasteiger partial charge in [0.15, 0.2) is 0 Å². The molecule has 1 aromatic rings. The van der Waals surface area contributed by atoms with E-state index in [1.54, 1.807) is 7.11 Å². The maximum absolute atomic E-state index is 12.6. The highest BCUT2D eigenvalue weighted by atomic mass is 16.5. The molecular weight excluding hydrogens is 256 g/mol. The maximum atomic E-state index is 12.6. The van der Waals surface area contributed by atoms with E-state index in [2.05, 4.69) is 10.6 Å². The molecule has 1 aromatic carbocycles. The number of carbonyl (C=O) groups excluding carboxylic acids is 1. The molecule has 0 radical (unpaired) electrons. The third-order valence-electron chi connectivity index (χ3n) is 3.52. The number of amides is 1. The molecule has 1 saturated heterocycles. The number of nitrogens with one attached hydrogen (secondary N) is 2. The van der Waals surface area contributed by atoms with Crippen LogP contribution in [0.3, 0.4) is 0 Å². The van der Waals surface area contributed by atoms with Crippen LogP contribution in [0.2, 0.25) is 0 Å². The molecule has 0 spiro atoms. The van der Waals surface area contributed by atoms with E-state index in [1.165, 1.54) is 0 Å². The van der Waals surface area contributed by atoms with Crippen molar-refractivity contribution in [2.75, 3.05) is 38.7 Å². The van der Waals surface area contributed by atoms with Crippen molar-refractivity contribution in [1.29, 1.82) is 0 Å². The van der Waals surface area contributed by atoms with E-state index in [-0.39, 0.29) is 5.91 Å². The Labute approximate surface area is 119 Å². The number of benzene rings is 1. The highest BCUT2D eigenvalue weighted by molar-refractivity contribution is 5.97.